The first-order valence-corrected chi connectivity index (χ1v) is 7.29. The molecule has 2 aliphatic rings. The topological polar surface area (TPSA) is 90.3 Å². The van der Waals surface area contributed by atoms with Crippen LogP contribution in [0.5, 0.6) is 0 Å². The average molecular weight is 300 g/mol. The summed E-state index contributed by atoms with van der Waals surface area (Å²) in [5.74, 6) is -1.40. The van der Waals surface area contributed by atoms with Crippen molar-refractivity contribution in [2.45, 2.75) is 32.5 Å². The summed E-state index contributed by atoms with van der Waals surface area (Å²) in [4.78, 5) is 27.0. The van der Waals surface area contributed by atoms with Crippen LogP contribution in [0.3, 0.4) is 0 Å². The van der Waals surface area contributed by atoms with Gasteiger partial charge in [0, 0.05) is 13.1 Å². The van der Waals surface area contributed by atoms with Gasteiger partial charge in [0.1, 0.15) is 0 Å². The molecule has 0 saturated carbocycles. The van der Waals surface area contributed by atoms with E-state index in [1.165, 1.54) is 0 Å². The number of carbonyl (C=O) groups excluding carboxylic acids is 1. The molecular weight excluding hydrogens is 276 g/mol. The first kappa shape index (κ1) is 16.0. The highest BCUT2D eigenvalue weighted by Gasteiger charge is 2.41. The fourth-order valence-electron chi connectivity index (χ4n) is 3.18. The second-order valence-electron chi connectivity index (χ2n) is 6.67. The quantitative estimate of drug-likeness (QED) is 0.762. The molecule has 2 aliphatic heterocycles. The Morgan fingerprint density at radius 3 is 2.43 bits per heavy atom. The van der Waals surface area contributed by atoms with E-state index in [2.05, 4.69) is 0 Å². The number of amides is 2. The molecule has 3 atom stereocenters. The number of hydrogen-bond donors (Lipinski definition) is 2. The molecule has 2 rings (SSSR count). The minimum absolute atomic E-state index is 0.0471. The van der Waals surface area contributed by atoms with E-state index in [1.807, 2.05) is 20.8 Å². The van der Waals surface area contributed by atoms with Crippen LogP contribution in [-0.4, -0.2) is 76.5 Å². The number of nitrogens with zero attached hydrogens (tertiary/aromatic N) is 2. The number of urea groups is 1. The number of likely N-dealkylation sites (tertiary alicyclic amines) is 1. The Morgan fingerprint density at radius 1 is 1.24 bits per heavy atom. The van der Waals surface area contributed by atoms with Crippen molar-refractivity contribution in [2.75, 3.05) is 32.8 Å². The van der Waals surface area contributed by atoms with Gasteiger partial charge in [-0.2, -0.15) is 0 Å². The maximum atomic E-state index is 12.6. The summed E-state index contributed by atoms with van der Waals surface area (Å²) in [7, 11) is 0. The van der Waals surface area contributed by atoms with Crippen LogP contribution in [0.15, 0.2) is 0 Å². The van der Waals surface area contributed by atoms with Crippen LogP contribution < -0.4 is 0 Å². The van der Waals surface area contributed by atoms with Crippen molar-refractivity contribution in [2.24, 2.45) is 11.8 Å². The molecule has 2 N–H and O–H groups in total. The minimum atomic E-state index is -0.853. The predicted octanol–water partition coefficient (Wildman–Crippen LogP) is 0.231. The van der Waals surface area contributed by atoms with Gasteiger partial charge < -0.3 is 24.7 Å². The van der Waals surface area contributed by atoms with Crippen LogP contribution in [0, 0.1) is 11.8 Å². The molecule has 7 heteroatoms. The zero-order valence-electron chi connectivity index (χ0n) is 12.8. The molecule has 0 bridgehead atoms. The number of rotatable bonds is 2. The monoisotopic (exact) mass is 300 g/mol. The molecule has 120 valence electrons. The van der Waals surface area contributed by atoms with Crippen LogP contribution in [0.25, 0.3) is 0 Å². The lowest BCUT2D eigenvalue weighted by Gasteiger charge is -2.43. The normalized spacial score (nSPS) is 32.3. The number of aliphatic carboxylic acids is 1. The van der Waals surface area contributed by atoms with Gasteiger partial charge in [-0.3, -0.25) is 4.79 Å². The van der Waals surface area contributed by atoms with E-state index >= 15 is 0 Å². The highest BCUT2D eigenvalue weighted by molar-refractivity contribution is 5.78. The molecule has 1 unspecified atom stereocenters. The molecule has 2 heterocycles. The van der Waals surface area contributed by atoms with Gasteiger partial charge in [-0.1, -0.05) is 6.92 Å². The van der Waals surface area contributed by atoms with Crippen molar-refractivity contribution in [1.82, 2.24) is 9.80 Å². The van der Waals surface area contributed by atoms with E-state index in [0.717, 1.165) is 0 Å². The summed E-state index contributed by atoms with van der Waals surface area (Å²) in [5.41, 5.74) is -0.515. The fourth-order valence-corrected chi connectivity index (χ4v) is 3.18. The molecule has 21 heavy (non-hydrogen) atoms. The first-order chi connectivity index (χ1) is 9.73. The number of carboxylic acids is 1. The van der Waals surface area contributed by atoms with Crippen LogP contribution in [0.4, 0.5) is 4.79 Å². The maximum Gasteiger partial charge on any atom is 0.320 e. The zero-order chi connectivity index (χ0) is 15.8. The van der Waals surface area contributed by atoms with Gasteiger partial charge in [-0.15, -0.1) is 0 Å². The van der Waals surface area contributed by atoms with Gasteiger partial charge in [0.15, 0.2) is 0 Å². The summed E-state index contributed by atoms with van der Waals surface area (Å²) >= 11 is 0. The molecule has 7 nitrogen and oxygen atoms in total. The third-order valence-electron chi connectivity index (χ3n) is 4.16. The van der Waals surface area contributed by atoms with Gasteiger partial charge in [-0.05, 0) is 19.8 Å². The number of morpholine rings is 1. The Hall–Kier alpha value is -1.34. The number of aliphatic hydroxyl groups is 1. The number of ether oxygens (including phenoxy) is 1. The van der Waals surface area contributed by atoms with Crippen molar-refractivity contribution >= 4 is 12.0 Å². The summed E-state index contributed by atoms with van der Waals surface area (Å²) in [6, 6.07) is -0.166. The summed E-state index contributed by atoms with van der Waals surface area (Å²) in [5, 5.41) is 18.4. The lowest BCUT2D eigenvalue weighted by molar-refractivity contribution is -0.142. The zero-order valence-corrected chi connectivity index (χ0v) is 12.8. The molecule has 0 radical (unpaired) electrons. The predicted molar refractivity (Wildman–Crippen MR) is 74.9 cm³/mol. The average Bonchev–Trinajstić information content (AvgIpc) is 2.78. The van der Waals surface area contributed by atoms with E-state index < -0.39 is 23.6 Å². The summed E-state index contributed by atoms with van der Waals surface area (Å²) < 4.78 is 5.69. The molecule has 0 aromatic heterocycles. The van der Waals surface area contributed by atoms with Crippen molar-refractivity contribution in [3.63, 3.8) is 0 Å². The Morgan fingerprint density at radius 2 is 1.90 bits per heavy atom. The Kier molecular flexibility index (Phi) is 4.43. The first-order valence-electron chi connectivity index (χ1n) is 7.29. The molecule has 0 aromatic carbocycles. The van der Waals surface area contributed by atoms with E-state index in [-0.39, 0.29) is 25.1 Å². The van der Waals surface area contributed by atoms with Gasteiger partial charge in [-0.25, -0.2) is 4.79 Å². The molecular formula is C14H24N2O5. The highest BCUT2D eigenvalue weighted by Crippen LogP contribution is 2.27. The van der Waals surface area contributed by atoms with Gasteiger partial charge in [0.2, 0.25) is 0 Å². The molecule has 0 aliphatic carbocycles. The number of carbonyl (C=O) groups is 2. The standard InChI is InChI=1S/C14H24N2O5/c1-9-4-15(6-11(9)12(18)19)13(20)16-5-10(7-17)21-14(2,3)8-16/h9-11,17H,4-8H2,1-3H3,(H,18,19)/t9-,10?,11-/m1/s1. The van der Waals surface area contributed by atoms with Crippen LogP contribution >= 0.6 is 0 Å². The highest BCUT2D eigenvalue weighted by atomic mass is 16.5. The second kappa shape index (κ2) is 5.81. The van der Waals surface area contributed by atoms with Crippen molar-refractivity contribution in [3.05, 3.63) is 0 Å². The number of aliphatic hydroxyl groups excluding tert-OH is 1. The lowest BCUT2D eigenvalue weighted by atomic mass is 9.99. The van der Waals surface area contributed by atoms with E-state index in [0.29, 0.717) is 19.6 Å². The molecule has 2 amide bonds. The maximum absolute atomic E-state index is 12.6. The lowest BCUT2D eigenvalue weighted by Crippen LogP contribution is -2.58. The second-order valence-corrected chi connectivity index (χ2v) is 6.67. The van der Waals surface area contributed by atoms with E-state index in [4.69, 9.17) is 9.84 Å². The smallest absolute Gasteiger partial charge is 0.320 e. The number of carboxylic acid groups (broad SMARTS) is 1. The molecule has 0 spiro atoms. The van der Waals surface area contributed by atoms with Crippen molar-refractivity contribution < 1.29 is 24.5 Å². The Balaban J connectivity index is 2.04. The van der Waals surface area contributed by atoms with Crippen molar-refractivity contribution in [1.29, 1.82) is 0 Å². The van der Waals surface area contributed by atoms with Crippen LogP contribution in [0.2, 0.25) is 0 Å². The van der Waals surface area contributed by atoms with Gasteiger partial charge in [0.25, 0.3) is 0 Å². The van der Waals surface area contributed by atoms with E-state index in [9.17, 15) is 14.7 Å². The minimum Gasteiger partial charge on any atom is -0.481 e. The summed E-state index contributed by atoms with van der Waals surface area (Å²) in [6.07, 6.45) is -0.395. The Labute approximate surface area is 124 Å². The molecule has 2 fully saturated rings. The fraction of sp³-hybridized carbons (Fsp3) is 0.857. The van der Waals surface area contributed by atoms with Crippen molar-refractivity contribution in [3.8, 4) is 0 Å². The number of hydrogen-bond acceptors (Lipinski definition) is 4. The van der Waals surface area contributed by atoms with Gasteiger partial charge in [0.05, 0.1) is 37.3 Å². The van der Waals surface area contributed by atoms with Crippen LogP contribution in [0.1, 0.15) is 20.8 Å². The third kappa shape index (κ3) is 3.47. The Bertz CT molecular complexity index is 426. The van der Waals surface area contributed by atoms with E-state index in [1.54, 1.807) is 9.80 Å². The molecule has 2 saturated heterocycles. The van der Waals surface area contributed by atoms with Gasteiger partial charge >= 0.3 is 12.0 Å². The van der Waals surface area contributed by atoms with Crippen LogP contribution in [-0.2, 0) is 9.53 Å². The largest absolute Gasteiger partial charge is 0.481 e. The summed E-state index contributed by atoms with van der Waals surface area (Å²) in [6.45, 7) is 6.94. The third-order valence-corrected chi connectivity index (χ3v) is 4.16. The molecule has 0 aromatic rings. The SMILES string of the molecule is C[C@@H]1CN(C(=O)N2CC(CO)OC(C)(C)C2)C[C@H]1C(=O)O.